The quantitative estimate of drug-likeness (QED) is 0.123. The molecular weight excluding hydrogens is 568 g/mol. The highest BCUT2D eigenvalue weighted by atomic mass is 16.6. The SMILES string of the molecule is Cc1ccc(C)c2c(O)c(C3=Nc4ccccc4CC(c4cn(-c5ccccc5)nc4-c4ccc([N+](=O)[O-])cc4)C3)c(=O)oc12. The summed E-state index contributed by atoms with van der Waals surface area (Å²) in [6.07, 6.45) is 2.86. The lowest BCUT2D eigenvalue weighted by atomic mass is 9.85. The molecule has 6 aromatic rings. The van der Waals surface area contributed by atoms with Gasteiger partial charge in [-0.1, -0.05) is 48.5 Å². The van der Waals surface area contributed by atoms with Gasteiger partial charge in [0.15, 0.2) is 0 Å². The third kappa shape index (κ3) is 4.98. The van der Waals surface area contributed by atoms with Gasteiger partial charge in [0, 0.05) is 29.5 Å². The van der Waals surface area contributed by atoms with Crippen molar-refractivity contribution in [3.05, 3.63) is 146 Å². The molecule has 0 saturated carbocycles. The van der Waals surface area contributed by atoms with Crippen LogP contribution in [-0.2, 0) is 6.42 Å². The molecule has 9 heteroatoms. The Morgan fingerprint density at radius 1 is 0.911 bits per heavy atom. The first-order valence-electron chi connectivity index (χ1n) is 14.6. The Morgan fingerprint density at radius 3 is 2.38 bits per heavy atom. The lowest BCUT2D eigenvalue weighted by Gasteiger charge is -2.17. The number of nitrogens with zero attached hydrogens (tertiary/aromatic N) is 4. The van der Waals surface area contributed by atoms with Crippen molar-refractivity contribution in [1.29, 1.82) is 0 Å². The lowest BCUT2D eigenvalue weighted by molar-refractivity contribution is -0.384. The molecule has 222 valence electrons. The maximum absolute atomic E-state index is 13.6. The van der Waals surface area contributed by atoms with Crippen LogP contribution in [0.1, 0.15) is 40.2 Å². The van der Waals surface area contributed by atoms with Crippen LogP contribution in [0.3, 0.4) is 0 Å². The first-order chi connectivity index (χ1) is 21.8. The molecule has 0 spiro atoms. The number of aliphatic imine (C=N–C) groups is 1. The Hall–Kier alpha value is -5.83. The summed E-state index contributed by atoms with van der Waals surface area (Å²) in [6, 6.07) is 27.6. The van der Waals surface area contributed by atoms with E-state index in [-0.39, 0.29) is 22.9 Å². The van der Waals surface area contributed by atoms with Gasteiger partial charge in [0.2, 0.25) is 0 Å². The minimum atomic E-state index is -0.652. The first kappa shape index (κ1) is 28.0. The van der Waals surface area contributed by atoms with Gasteiger partial charge in [-0.3, -0.25) is 15.1 Å². The summed E-state index contributed by atoms with van der Waals surface area (Å²) in [7, 11) is 0. The Labute approximate surface area is 257 Å². The van der Waals surface area contributed by atoms with Gasteiger partial charge in [0.25, 0.3) is 5.69 Å². The summed E-state index contributed by atoms with van der Waals surface area (Å²) in [5, 5.41) is 28.5. The second kappa shape index (κ2) is 11.0. The lowest BCUT2D eigenvalue weighted by Crippen LogP contribution is -2.18. The standard InChI is InChI=1S/C36H28N4O5/c1-21-12-13-22(2)35-31(21)34(41)32(36(42)45-35)30-19-25(18-24-8-6-7-11-29(24)37-30)28-20-39(26-9-4-3-5-10-26)38-33(28)23-14-16-27(17-15-23)40(43)44/h3-17,20,25,41H,18-19H2,1-2H3. The number of benzene rings is 4. The summed E-state index contributed by atoms with van der Waals surface area (Å²) in [4.78, 5) is 29.5. The molecular formula is C36H28N4O5. The number of rotatable bonds is 5. The molecule has 4 aromatic carbocycles. The largest absolute Gasteiger partial charge is 0.506 e. The summed E-state index contributed by atoms with van der Waals surface area (Å²) < 4.78 is 7.63. The molecule has 1 aliphatic rings. The van der Waals surface area contributed by atoms with Crippen molar-refractivity contribution in [2.45, 2.75) is 32.6 Å². The molecule has 0 fully saturated rings. The molecule has 1 atom stereocenters. The van der Waals surface area contributed by atoms with Gasteiger partial charge in [-0.05, 0) is 79.6 Å². The number of aromatic hydroxyl groups is 1. The van der Waals surface area contributed by atoms with Crippen LogP contribution in [0, 0.1) is 24.0 Å². The Morgan fingerprint density at radius 2 is 1.62 bits per heavy atom. The number of nitro benzene ring substituents is 1. The van der Waals surface area contributed by atoms with Gasteiger partial charge in [-0.2, -0.15) is 5.10 Å². The van der Waals surface area contributed by atoms with Crippen molar-refractivity contribution >= 4 is 28.1 Å². The van der Waals surface area contributed by atoms with E-state index in [0.717, 1.165) is 33.5 Å². The maximum atomic E-state index is 13.6. The molecule has 9 nitrogen and oxygen atoms in total. The van der Waals surface area contributed by atoms with Gasteiger partial charge in [0.05, 0.1) is 33.1 Å². The summed E-state index contributed by atoms with van der Waals surface area (Å²) in [5.74, 6) is -0.363. The van der Waals surface area contributed by atoms with E-state index in [1.165, 1.54) is 12.1 Å². The van der Waals surface area contributed by atoms with Crippen LogP contribution in [0.15, 0.2) is 111 Å². The van der Waals surface area contributed by atoms with Crippen molar-refractivity contribution in [3.8, 4) is 22.7 Å². The molecule has 1 aliphatic heterocycles. The third-order valence-corrected chi connectivity index (χ3v) is 8.43. The van der Waals surface area contributed by atoms with E-state index in [4.69, 9.17) is 14.5 Å². The fraction of sp³-hybridized carbons (Fsp3) is 0.139. The number of fused-ring (bicyclic) bond motifs is 2. The highest BCUT2D eigenvalue weighted by Crippen LogP contribution is 2.41. The predicted molar refractivity (Wildman–Crippen MR) is 173 cm³/mol. The second-order valence-corrected chi connectivity index (χ2v) is 11.3. The number of hydrogen-bond acceptors (Lipinski definition) is 7. The molecule has 0 aliphatic carbocycles. The first-order valence-corrected chi connectivity index (χ1v) is 14.6. The second-order valence-electron chi connectivity index (χ2n) is 11.3. The topological polar surface area (TPSA) is 124 Å². The number of aromatic nitrogens is 2. The summed E-state index contributed by atoms with van der Waals surface area (Å²) in [6.45, 7) is 3.70. The molecule has 0 bridgehead atoms. The van der Waals surface area contributed by atoms with E-state index in [9.17, 15) is 20.0 Å². The van der Waals surface area contributed by atoms with Gasteiger partial charge < -0.3 is 9.52 Å². The fourth-order valence-electron chi connectivity index (χ4n) is 6.13. The molecule has 2 aromatic heterocycles. The zero-order chi connectivity index (χ0) is 31.2. The van der Waals surface area contributed by atoms with Crippen LogP contribution in [0.5, 0.6) is 5.75 Å². The van der Waals surface area contributed by atoms with E-state index in [1.807, 2.05) is 86.8 Å². The van der Waals surface area contributed by atoms with E-state index in [0.29, 0.717) is 40.9 Å². The van der Waals surface area contributed by atoms with Crippen LogP contribution in [0.4, 0.5) is 11.4 Å². The summed E-state index contributed by atoms with van der Waals surface area (Å²) in [5.41, 5.74) is 6.52. The predicted octanol–water partition coefficient (Wildman–Crippen LogP) is 7.73. The Balaban J connectivity index is 1.43. The van der Waals surface area contributed by atoms with Crippen molar-refractivity contribution < 1.29 is 14.4 Å². The minimum absolute atomic E-state index is 0.00959. The average molecular weight is 597 g/mol. The zero-order valence-electron chi connectivity index (χ0n) is 24.6. The van der Waals surface area contributed by atoms with Crippen LogP contribution in [-0.4, -0.2) is 25.5 Å². The minimum Gasteiger partial charge on any atom is -0.506 e. The van der Waals surface area contributed by atoms with E-state index in [1.54, 1.807) is 16.8 Å². The van der Waals surface area contributed by atoms with Crippen molar-refractivity contribution in [1.82, 2.24) is 9.78 Å². The third-order valence-electron chi connectivity index (χ3n) is 8.43. The molecule has 3 heterocycles. The van der Waals surface area contributed by atoms with Gasteiger partial charge in [0.1, 0.15) is 16.9 Å². The molecule has 1 unspecified atom stereocenters. The van der Waals surface area contributed by atoms with Crippen LogP contribution in [0.2, 0.25) is 0 Å². The molecule has 0 radical (unpaired) electrons. The number of para-hydroxylation sites is 2. The van der Waals surface area contributed by atoms with Crippen LogP contribution in [0.25, 0.3) is 27.9 Å². The Bertz CT molecular complexity index is 2200. The normalized spacial score (nSPS) is 14.5. The molecule has 1 N–H and O–H groups in total. The van der Waals surface area contributed by atoms with E-state index < -0.39 is 10.5 Å². The molecule has 0 amide bonds. The number of non-ortho nitro benzene ring substituents is 1. The monoisotopic (exact) mass is 596 g/mol. The fourth-order valence-corrected chi connectivity index (χ4v) is 6.13. The maximum Gasteiger partial charge on any atom is 0.349 e. The van der Waals surface area contributed by atoms with Crippen molar-refractivity contribution in [2.24, 2.45) is 4.99 Å². The molecule has 45 heavy (non-hydrogen) atoms. The Kier molecular flexibility index (Phi) is 6.85. The molecule has 7 rings (SSSR count). The van der Waals surface area contributed by atoms with Crippen molar-refractivity contribution in [2.75, 3.05) is 0 Å². The average Bonchev–Trinajstić information content (AvgIpc) is 3.40. The number of aryl methyl sites for hydroxylation is 2. The van der Waals surface area contributed by atoms with E-state index in [2.05, 4.69) is 0 Å². The highest BCUT2D eigenvalue weighted by Gasteiger charge is 2.30. The van der Waals surface area contributed by atoms with Gasteiger partial charge >= 0.3 is 5.63 Å². The number of nitro groups is 1. The van der Waals surface area contributed by atoms with Crippen molar-refractivity contribution in [3.63, 3.8) is 0 Å². The smallest absolute Gasteiger partial charge is 0.349 e. The molecule has 0 saturated heterocycles. The van der Waals surface area contributed by atoms with E-state index >= 15 is 0 Å². The van der Waals surface area contributed by atoms with Gasteiger partial charge in [-0.15, -0.1) is 0 Å². The highest BCUT2D eigenvalue weighted by molar-refractivity contribution is 6.08. The van der Waals surface area contributed by atoms with Crippen LogP contribution >= 0.6 is 0 Å². The summed E-state index contributed by atoms with van der Waals surface area (Å²) >= 11 is 0. The van der Waals surface area contributed by atoms with Gasteiger partial charge in [-0.25, -0.2) is 9.48 Å². The van der Waals surface area contributed by atoms with Crippen LogP contribution < -0.4 is 5.63 Å². The number of hydrogen-bond donors (Lipinski definition) is 1. The zero-order valence-corrected chi connectivity index (χ0v) is 24.6.